The van der Waals surface area contributed by atoms with Gasteiger partial charge in [0.1, 0.15) is 29.1 Å². The van der Waals surface area contributed by atoms with Crippen LogP contribution in [0.2, 0.25) is 0 Å². The summed E-state index contributed by atoms with van der Waals surface area (Å²) in [5, 5.41) is 15.5. The maximum Gasteiger partial charge on any atom is 0.250 e. The summed E-state index contributed by atoms with van der Waals surface area (Å²) in [6.07, 6.45) is 7.19. The second kappa shape index (κ2) is 13.1. The number of pyridine rings is 2. The van der Waals surface area contributed by atoms with E-state index in [1.165, 1.54) is 0 Å². The van der Waals surface area contributed by atoms with Gasteiger partial charge in [0, 0.05) is 23.3 Å². The Morgan fingerprint density at radius 2 is 1.35 bits per heavy atom. The van der Waals surface area contributed by atoms with Crippen LogP contribution in [0.15, 0.2) is 171 Å². The van der Waals surface area contributed by atoms with Crippen molar-refractivity contribution in [1.29, 1.82) is 5.26 Å². The number of nitriles is 1. The molecular formula is C45H30N8O. The minimum atomic E-state index is -0.789. The lowest BCUT2D eigenvalue weighted by atomic mass is 9.77. The fourth-order valence-corrected chi connectivity index (χ4v) is 7.41. The highest BCUT2D eigenvalue weighted by Crippen LogP contribution is 2.41. The normalized spacial score (nSPS) is 11.5. The van der Waals surface area contributed by atoms with Crippen molar-refractivity contribution in [3.05, 3.63) is 198 Å². The molecule has 2 N–H and O–H groups in total. The van der Waals surface area contributed by atoms with Crippen LogP contribution in [0, 0.1) is 11.3 Å². The maximum atomic E-state index is 12.8. The van der Waals surface area contributed by atoms with Gasteiger partial charge in [-0.1, -0.05) is 109 Å². The highest BCUT2D eigenvalue weighted by Gasteiger charge is 2.39. The molecule has 0 aliphatic carbocycles. The van der Waals surface area contributed by atoms with Crippen molar-refractivity contribution >= 4 is 27.8 Å². The first-order valence-electron chi connectivity index (χ1n) is 17.3. The van der Waals surface area contributed by atoms with Gasteiger partial charge < -0.3 is 5.73 Å². The third-order valence-electron chi connectivity index (χ3n) is 9.88. The number of nitrogens with two attached hydrogens (primary N) is 1. The van der Waals surface area contributed by atoms with Crippen LogP contribution in [0.1, 0.15) is 32.7 Å². The number of para-hydroxylation sites is 1. The lowest BCUT2D eigenvalue weighted by Gasteiger charge is -2.36. The van der Waals surface area contributed by atoms with Gasteiger partial charge in [-0.2, -0.15) is 10.4 Å². The molecule has 5 aromatic carbocycles. The molecule has 0 unspecified atom stereocenters. The van der Waals surface area contributed by atoms with E-state index in [1.807, 2.05) is 70.0 Å². The molecule has 0 saturated heterocycles. The number of hydrogen-bond acceptors (Lipinski definition) is 6. The zero-order valence-corrected chi connectivity index (χ0v) is 28.8. The Labute approximate surface area is 310 Å². The second-order valence-electron chi connectivity index (χ2n) is 12.9. The minimum Gasteiger partial charge on any atom is -0.366 e. The van der Waals surface area contributed by atoms with Gasteiger partial charge >= 0.3 is 0 Å². The van der Waals surface area contributed by atoms with Crippen LogP contribution in [0.3, 0.4) is 0 Å². The molecule has 0 aliphatic heterocycles. The Morgan fingerprint density at radius 3 is 2.00 bits per heavy atom. The predicted molar refractivity (Wildman–Crippen MR) is 209 cm³/mol. The number of imidazole rings is 1. The van der Waals surface area contributed by atoms with Crippen molar-refractivity contribution in [2.24, 2.45) is 5.73 Å². The number of nitrogens with zero attached hydrogens (tertiary/aromatic N) is 7. The monoisotopic (exact) mass is 698 g/mol. The predicted octanol–water partition coefficient (Wildman–Crippen LogP) is 8.31. The molecule has 4 heterocycles. The molecule has 0 bridgehead atoms. The molecule has 0 saturated carbocycles. The molecule has 4 aromatic heterocycles. The van der Waals surface area contributed by atoms with E-state index in [2.05, 4.69) is 90.0 Å². The van der Waals surface area contributed by atoms with E-state index in [-0.39, 0.29) is 11.3 Å². The van der Waals surface area contributed by atoms with Crippen molar-refractivity contribution in [2.75, 3.05) is 0 Å². The van der Waals surface area contributed by atoms with Crippen LogP contribution in [0.25, 0.3) is 50.0 Å². The Bertz CT molecular complexity index is 2780. The van der Waals surface area contributed by atoms with E-state index in [0.29, 0.717) is 22.3 Å². The third kappa shape index (κ3) is 5.29. The molecular weight excluding hydrogens is 669 g/mol. The Balaban J connectivity index is 1.26. The van der Waals surface area contributed by atoms with Crippen molar-refractivity contribution in [2.45, 2.75) is 5.54 Å². The third-order valence-corrected chi connectivity index (χ3v) is 9.88. The van der Waals surface area contributed by atoms with Crippen molar-refractivity contribution < 1.29 is 4.79 Å². The molecule has 1 amide bonds. The Hall–Kier alpha value is -7.70. The minimum absolute atomic E-state index is 0.267. The Kier molecular flexibility index (Phi) is 7.83. The lowest BCUT2D eigenvalue weighted by Crippen LogP contribution is -2.38. The standard InChI is InChI=1S/C45H30N8O/c46-26-36-22-30(20-21-48-36)31-23-38(44(47)54)43-42(24-31)52(29-49-43)41-25-40(51-39-19-11-10-18-37(39)41)32-27-50-53(28-32)45(33-12-4-1-5-13-33,34-14-6-2-7-15-34)35-16-8-3-9-17-35/h1-25,27-29H,(H2,47,54). The highest BCUT2D eigenvalue weighted by molar-refractivity contribution is 6.06. The summed E-state index contributed by atoms with van der Waals surface area (Å²) >= 11 is 0. The molecule has 0 aliphatic rings. The first-order valence-corrected chi connectivity index (χ1v) is 17.3. The van der Waals surface area contributed by atoms with Crippen molar-refractivity contribution in [3.8, 4) is 34.1 Å². The summed E-state index contributed by atoms with van der Waals surface area (Å²) in [6, 6.07) is 50.4. The number of fused-ring (bicyclic) bond motifs is 2. The summed E-state index contributed by atoms with van der Waals surface area (Å²) in [6.45, 7) is 0. The number of primary amides is 1. The van der Waals surface area contributed by atoms with Crippen LogP contribution in [0.5, 0.6) is 0 Å². The molecule has 0 fully saturated rings. The molecule has 0 spiro atoms. The first kappa shape index (κ1) is 32.2. The average molecular weight is 699 g/mol. The van der Waals surface area contributed by atoms with Gasteiger partial charge in [-0.05, 0) is 64.2 Å². The largest absolute Gasteiger partial charge is 0.366 e. The zero-order chi connectivity index (χ0) is 36.6. The Morgan fingerprint density at radius 1 is 0.704 bits per heavy atom. The van der Waals surface area contributed by atoms with Gasteiger partial charge in [0.25, 0.3) is 5.91 Å². The molecule has 256 valence electrons. The molecule has 9 heteroatoms. The van der Waals surface area contributed by atoms with Crippen molar-refractivity contribution in [3.63, 3.8) is 0 Å². The highest BCUT2D eigenvalue weighted by atomic mass is 16.1. The van der Waals surface area contributed by atoms with Crippen LogP contribution in [0.4, 0.5) is 0 Å². The summed E-state index contributed by atoms with van der Waals surface area (Å²) in [4.78, 5) is 26.7. The summed E-state index contributed by atoms with van der Waals surface area (Å²) < 4.78 is 3.99. The topological polar surface area (TPSA) is 128 Å². The maximum absolute atomic E-state index is 12.8. The fourth-order valence-electron chi connectivity index (χ4n) is 7.41. The van der Waals surface area contributed by atoms with Gasteiger partial charge in [-0.3, -0.25) is 14.0 Å². The molecule has 0 radical (unpaired) electrons. The van der Waals surface area contributed by atoms with E-state index < -0.39 is 11.4 Å². The molecule has 0 atom stereocenters. The number of carbonyl (C=O) groups excluding carboxylic acids is 1. The van der Waals surface area contributed by atoms with Crippen LogP contribution < -0.4 is 5.73 Å². The quantitative estimate of drug-likeness (QED) is 0.159. The average Bonchev–Trinajstić information content (AvgIpc) is 3.90. The number of aromatic nitrogens is 6. The number of rotatable bonds is 8. The second-order valence-corrected chi connectivity index (χ2v) is 12.9. The molecule has 9 aromatic rings. The van der Waals surface area contributed by atoms with Gasteiger partial charge in [-0.25, -0.2) is 15.0 Å². The van der Waals surface area contributed by atoms with E-state index >= 15 is 0 Å². The van der Waals surface area contributed by atoms with Gasteiger partial charge in [0.15, 0.2) is 0 Å². The summed E-state index contributed by atoms with van der Waals surface area (Å²) in [5.41, 5.74) is 14.5. The smallest absolute Gasteiger partial charge is 0.250 e. The molecule has 9 rings (SSSR count). The van der Waals surface area contributed by atoms with Crippen LogP contribution in [-0.2, 0) is 5.54 Å². The van der Waals surface area contributed by atoms with Crippen LogP contribution in [-0.4, -0.2) is 35.2 Å². The SMILES string of the molecule is N#Cc1cc(-c2cc(C(N)=O)c3ncn(-c4cc(-c5cnn(C(c6ccccc6)(c6ccccc6)c6ccccc6)c5)nc5ccccc45)c3c2)ccn1. The molecule has 54 heavy (non-hydrogen) atoms. The van der Waals surface area contributed by atoms with Gasteiger partial charge in [0.2, 0.25) is 0 Å². The summed E-state index contributed by atoms with van der Waals surface area (Å²) in [7, 11) is 0. The van der Waals surface area contributed by atoms with E-state index in [0.717, 1.165) is 44.4 Å². The van der Waals surface area contributed by atoms with Crippen LogP contribution >= 0.6 is 0 Å². The molecule has 9 nitrogen and oxygen atoms in total. The van der Waals surface area contributed by atoms with E-state index in [1.54, 1.807) is 30.7 Å². The van der Waals surface area contributed by atoms with Gasteiger partial charge in [0.05, 0.1) is 34.2 Å². The first-order chi connectivity index (χ1) is 26.5. The number of hydrogen-bond donors (Lipinski definition) is 1. The van der Waals surface area contributed by atoms with Crippen molar-refractivity contribution in [1.82, 2.24) is 29.3 Å². The fraction of sp³-hybridized carbons (Fsp3) is 0.0222. The van der Waals surface area contributed by atoms with E-state index in [4.69, 9.17) is 20.8 Å². The number of benzene rings is 5. The summed E-state index contributed by atoms with van der Waals surface area (Å²) in [5.74, 6) is -0.604. The number of carbonyl (C=O) groups is 1. The number of amides is 1. The zero-order valence-electron chi connectivity index (χ0n) is 28.8. The van der Waals surface area contributed by atoms with Gasteiger partial charge in [-0.15, -0.1) is 0 Å². The lowest BCUT2D eigenvalue weighted by molar-refractivity contribution is 0.100. The van der Waals surface area contributed by atoms with E-state index in [9.17, 15) is 10.1 Å².